The number of nitrogens with one attached hydrogen (secondary N) is 1. The second kappa shape index (κ2) is 9.07. The molecule has 0 aliphatic heterocycles. The first-order chi connectivity index (χ1) is 14.0. The van der Waals surface area contributed by atoms with Gasteiger partial charge in [0.15, 0.2) is 4.77 Å². The summed E-state index contributed by atoms with van der Waals surface area (Å²) in [6, 6.07) is 14.6. The fraction of sp³-hybridized carbons (Fsp3) is 0.190. The van der Waals surface area contributed by atoms with Gasteiger partial charge in [0.2, 0.25) is 5.88 Å². The summed E-state index contributed by atoms with van der Waals surface area (Å²) in [5, 5.41) is 11.1. The molecule has 8 heteroatoms. The van der Waals surface area contributed by atoms with Crippen LogP contribution in [0.1, 0.15) is 19.4 Å². The van der Waals surface area contributed by atoms with E-state index in [0.29, 0.717) is 16.4 Å². The number of aromatic amines is 1. The van der Waals surface area contributed by atoms with Gasteiger partial charge in [0.25, 0.3) is 5.56 Å². The Balaban J connectivity index is 2.00. The third kappa shape index (κ3) is 4.41. The van der Waals surface area contributed by atoms with E-state index in [-0.39, 0.29) is 16.2 Å². The number of aromatic nitrogens is 2. The fourth-order valence-electron chi connectivity index (χ4n) is 2.99. The van der Waals surface area contributed by atoms with Gasteiger partial charge in [0.05, 0.1) is 16.4 Å². The Labute approximate surface area is 178 Å². The maximum absolute atomic E-state index is 12.3. The standard InChI is InChI=1S/C21H21ClN4O2S/c1-3-25(4-2)15-11-9-14(10-12-15)23-13-16-19(27)24-21(29)26(20(16)28)18-8-6-5-7-17(18)22/h5-13,28H,3-4H2,1-2H3,(H,24,27,29). The molecule has 0 fully saturated rings. The number of para-hydroxylation sites is 1. The molecule has 0 saturated carbocycles. The molecule has 0 bridgehead atoms. The Morgan fingerprint density at radius 3 is 2.45 bits per heavy atom. The first-order valence-corrected chi connectivity index (χ1v) is 9.97. The first-order valence-electron chi connectivity index (χ1n) is 9.18. The minimum atomic E-state index is -0.528. The van der Waals surface area contributed by atoms with Crippen LogP contribution in [-0.4, -0.2) is 34.0 Å². The predicted octanol–water partition coefficient (Wildman–Crippen LogP) is 4.85. The summed E-state index contributed by atoms with van der Waals surface area (Å²) in [6.07, 6.45) is 1.32. The van der Waals surface area contributed by atoms with E-state index in [4.69, 9.17) is 23.8 Å². The van der Waals surface area contributed by atoms with Gasteiger partial charge in [0, 0.05) is 25.0 Å². The summed E-state index contributed by atoms with van der Waals surface area (Å²) < 4.78 is 1.35. The summed E-state index contributed by atoms with van der Waals surface area (Å²) in [7, 11) is 0. The smallest absolute Gasteiger partial charge is 0.264 e. The van der Waals surface area contributed by atoms with E-state index in [0.717, 1.165) is 18.8 Å². The zero-order chi connectivity index (χ0) is 21.0. The second-order valence-electron chi connectivity index (χ2n) is 6.23. The minimum absolute atomic E-state index is 0.00802. The third-order valence-corrected chi connectivity index (χ3v) is 5.14. The zero-order valence-electron chi connectivity index (χ0n) is 16.1. The molecule has 3 aromatic rings. The van der Waals surface area contributed by atoms with E-state index in [1.807, 2.05) is 24.3 Å². The topological polar surface area (TPSA) is 73.6 Å². The van der Waals surface area contributed by atoms with E-state index >= 15 is 0 Å². The largest absolute Gasteiger partial charge is 0.494 e. The Morgan fingerprint density at radius 1 is 1.17 bits per heavy atom. The van der Waals surface area contributed by atoms with Crippen LogP contribution in [0.5, 0.6) is 5.88 Å². The summed E-state index contributed by atoms with van der Waals surface area (Å²) >= 11 is 11.4. The quantitative estimate of drug-likeness (QED) is 0.434. The van der Waals surface area contributed by atoms with Crippen molar-refractivity contribution in [3.63, 3.8) is 0 Å². The van der Waals surface area contributed by atoms with E-state index in [1.165, 1.54) is 10.8 Å². The highest BCUT2D eigenvalue weighted by Crippen LogP contribution is 2.25. The Kier molecular flexibility index (Phi) is 6.51. The molecule has 0 radical (unpaired) electrons. The maximum atomic E-state index is 12.3. The number of aliphatic imine (C=N–C) groups is 1. The average Bonchev–Trinajstić information content (AvgIpc) is 2.71. The highest BCUT2D eigenvalue weighted by Gasteiger charge is 2.14. The highest BCUT2D eigenvalue weighted by molar-refractivity contribution is 7.71. The molecule has 2 N–H and O–H groups in total. The van der Waals surface area contributed by atoms with Crippen molar-refractivity contribution in [3.05, 3.63) is 74.2 Å². The van der Waals surface area contributed by atoms with Crippen LogP contribution >= 0.6 is 23.8 Å². The summed E-state index contributed by atoms with van der Waals surface area (Å²) in [6.45, 7) is 6.03. The van der Waals surface area contributed by atoms with Gasteiger partial charge in [-0.1, -0.05) is 23.7 Å². The number of halogens is 1. The average molecular weight is 429 g/mol. The monoisotopic (exact) mass is 428 g/mol. The van der Waals surface area contributed by atoms with Gasteiger partial charge in [0.1, 0.15) is 5.56 Å². The molecule has 3 rings (SSSR count). The number of aromatic hydroxyl groups is 1. The van der Waals surface area contributed by atoms with Crippen LogP contribution in [0.3, 0.4) is 0 Å². The number of anilines is 1. The lowest BCUT2D eigenvalue weighted by Gasteiger charge is -2.20. The molecule has 0 spiro atoms. The molecule has 0 aliphatic carbocycles. The molecule has 6 nitrogen and oxygen atoms in total. The SMILES string of the molecule is CCN(CC)c1ccc(N=Cc2c(O)n(-c3ccccc3Cl)c(=S)[nH]c2=O)cc1. The number of benzene rings is 2. The number of hydrogen-bond acceptors (Lipinski definition) is 5. The van der Waals surface area contributed by atoms with Gasteiger partial charge < -0.3 is 10.0 Å². The van der Waals surface area contributed by atoms with Gasteiger partial charge in [-0.25, -0.2) is 0 Å². The Bertz CT molecular complexity index is 1150. The predicted molar refractivity (Wildman–Crippen MR) is 121 cm³/mol. The summed E-state index contributed by atoms with van der Waals surface area (Å²) in [5.74, 6) is -0.324. The van der Waals surface area contributed by atoms with Crippen molar-refractivity contribution in [2.75, 3.05) is 18.0 Å². The molecule has 150 valence electrons. The summed E-state index contributed by atoms with van der Waals surface area (Å²) in [4.78, 5) is 21.5. The van der Waals surface area contributed by atoms with E-state index in [9.17, 15) is 9.90 Å². The van der Waals surface area contributed by atoms with Crippen LogP contribution in [0.2, 0.25) is 5.02 Å². The zero-order valence-corrected chi connectivity index (χ0v) is 17.7. The summed E-state index contributed by atoms with van der Waals surface area (Å²) in [5.41, 5.74) is 1.69. The minimum Gasteiger partial charge on any atom is -0.494 e. The van der Waals surface area contributed by atoms with Crippen LogP contribution in [0.15, 0.2) is 58.3 Å². The van der Waals surface area contributed by atoms with Gasteiger partial charge in [-0.3, -0.25) is 19.3 Å². The highest BCUT2D eigenvalue weighted by atomic mass is 35.5. The lowest BCUT2D eigenvalue weighted by atomic mass is 10.2. The van der Waals surface area contributed by atoms with Gasteiger partial charge in [-0.2, -0.15) is 0 Å². The van der Waals surface area contributed by atoms with Crippen LogP contribution in [0, 0.1) is 4.77 Å². The van der Waals surface area contributed by atoms with Crippen molar-refractivity contribution in [2.24, 2.45) is 4.99 Å². The van der Waals surface area contributed by atoms with Gasteiger partial charge in [-0.15, -0.1) is 0 Å². The lowest BCUT2D eigenvalue weighted by Crippen LogP contribution is -2.21. The second-order valence-corrected chi connectivity index (χ2v) is 7.02. The number of rotatable bonds is 6. The normalized spacial score (nSPS) is 11.1. The van der Waals surface area contributed by atoms with Crippen LogP contribution in [0.25, 0.3) is 5.69 Å². The first kappa shape index (κ1) is 20.8. The molecule has 0 unspecified atom stereocenters. The molecule has 0 amide bonds. The van der Waals surface area contributed by atoms with Crippen molar-refractivity contribution in [2.45, 2.75) is 13.8 Å². The number of nitrogens with zero attached hydrogens (tertiary/aromatic N) is 3. The third-order valence-electron chi connectivity index (χ3n) is 4.54. The fourth-order valence-corrected chi connectivity index (χ4v) is 3.49. The molecule has 1 heterocycles. The van der Waals surface area contributed by atoms with E-state index in [1.54, 1.807) is 24.3 Å². The van der Waals surface area contributed by atoms with Crippen molar-refractivity contribution < 1.29 is 5.11 Å². The van der Waals surface area contributed by atoms with Crippen LogP contribution in [0.4, 0.5) is 11.4 Å². The molecule has 29 heavy (non-hydrogen) atoms. The molecule has 0 aliphatic rings. The molecular weight excluding hydrogens is 408 g/mol. The van der Waals surface area contributed by atoms with Crippen LogP contribution in [-0.2, 0) is 0 Å². The molecule has 0 saturated heterocycles. The molecule has 1 aromatic heterocycles. The van der Waals surface area contributed by atoms with E-state index < -0.39 is 5.56 Å². The van der Waals surface area contributed by atoms with Crippen LogP contribution < -0.4 is 10.5 Å². The van der Waals surface area contributed by atoms with Crippen molar-refractivity contribution >= 4 is 41.4 Å². The maximum Gasteiger partial charge on any atom is 0.264 e. The Hall–Kier alpha value is -2.90. The Morgan fingerprint density at radius 2 is 1.83 bits per heavy atom. The van der Waals surface area contributed by atoms with Crippen molar-refractivity contribution in [3.8, 4) is 11.6 Å². The number of hydrogen-bond donors (Lipinski definition) is 2. The van der Waals surface area contributed by atoms with Crippen molar-refractivity contribution in [1.29, 1.82) is 0 Å². The molecule has 2 aromatic carbocycles. The van der Waals surface area contributed by atoms with Gasteiger partial charge >= 0.3 is 0 Å². The van der Waals surface area contributed by atoms with E-state index in [2.05, 4.69) is 28.7 Å². The van der Waals surface area contributed by atoms with Crippen molar-refractivity contribution in [1.82, 2.24) is 9.55 Å². The van der Waals surface area contributed by atoms with Gasteiger partial charge in [-0.05, 0) is 62.5 Å². The number of H-pyrrole nitrogens is 1. The molecular formula is C21H21ClN4O2S. The molecule has 0 atom stereocenters. The lowest BCUT2D eigenvalue weighted by molar-refractivity contribution is 0.432.